The van der Waals surface area contributed by atoms with Gasteiger partial charge in [0.1, 0.15) is 11.5 Å². The van der Waals surface area contributed by atoms with Crippen molar-refractivity contribution in [1.29, 1.82) is 0 Å². The maximum absolute atomic E-state index is 13.2. The van der Waals surface area contributed by atoms with Gasteiger partial charge in [-0.15, -0.1) is 0 Å². The Morgan fingerprint density at radius 1 is 0.941 bits per heavy atom. The molecule has 1 saturated heterocycles. The molecule has 0 bridgehead atoms. The quantitative estimate of drug-likeness (QED) is 0.246. The van der Waals surface area contributed by atoms with Gasteiger partial charge in [0.2, 0.25) is 0 Å². The van der Waals surface area contributed by atoms with Crippen molar-refractivity contribution in [3.63, 3.8) is 0 Å². The van der Waals surface area contributed by atoms with E-state index in [0.717, 1.165) is 0 Å². The number of benzene rings is 3. The highest BCUT2D eigenvalue weighted by molar-refractivity contribution is 6.51. The van der Waals surface area contributed by atoms with Crippen LogP contribution in [0.5, 0.6) is 5.75 Å². The summed E-state index contributed by atoms with van der Waals surface area (Å²) in [6, 6.07) is 18.4. The van der Waals surface area contributed by atoms with Crippen molar-refractivity contribution in [3.05, 3.63) is 100 Å². The second kappa shape index (κ2) is 9.41. The summed E-state index contributed by atoms with van der Waals surface area (Å²) in [5, 5.41) is 11.5. The number of Topliss-reactive ketones (excluding diaryl/α,β-unsaturated/α-hetero) is 1. The number of methoxy groups -OCH3 is 2. The number of esters is 1. The lowest BCUT2D eigenvalue weighted by atomic mass is 9.94. The topological polar surface area (TPSA) is 93.1 Å². The number of hydrogen-bond acceptors (Lipinski definition) is 6. The second-order valence-electron chi connectivity index (χ2n) is 7.46. The van der Waals surface area contributed by atoms with Gasteiger partial charge in [0.05, 0.1) is 31.4 Å². The van der Waals surface area contributed by atoms with Crippen LogP contribution >= 0.6 is 11.6 Å². The molecule has 1 unspecified atom stereocenters. The Bertz CT molecular complexity index is 1310. The molecule has 4 rings (SSSR count). The van der Waals surface area contributed by atoms with Crippen LogP contribution in [0.3, 0.4) is 0 Å². The summed E-state index contributed by atoms with van der Waals surface area (Å²) in [7, 11) is 2.75. The van der Waals surface area contributed by atoms with Crippen LogP contribution in [0.4, 0.5) is 5.69 Å². The number of ether oxygens (including phenoxy) is 2. The van der Waals surface area contributed by atoms with E-state index < -0.39 is 23.7 Å². The Labute approximate surface area is 200 Å². The van der Waals surface area contributed by atoms with Crippen molar-refractivity contribution in [2.75, 3.05) is 19.1 Å². The molecule has 0 aromatic heterocycles. The van der Waals surface area contributed by atoms with E-state index in [1.807, 2.05) is 0 Å². The predicted octanol–water partition coefficient (Wildman–Crippen LogP) is 4.76. The van der Waals surface area contributed by atoms with Crippen LogP contribution < -0.4 is 9.64 Å². The number of carbonyl (C=O) groups is 3. The molecule has 0 aliphatic carbocycles. The zero-order valence-electron chi connectivity index (χ0n) is 18.3. The molecule has 172 valence electrons. The summed E-state index contributed by atoms with van der Waals surface area (Å²) in [5.74, 6) is -2.14. The number of ketones is 1. The van der Waals surface area contributed by atoms with Crippen molar-refractivity contribution in [2.24, 2.45) is 0 Å². The van der Waals surface area contributed by atoms with Gasteiger partial charge < -0.3 is 14.6 Å². The van der Waals surface area contributed by atoms with E-state index in [9.17, 15) is 19.5 Å². The summed E-state index contributed by atoms with van der Waals surface area (Å²) in [6.07, 6.45) is 0. The van der Waals surface area contributed by atoms with Crippen LogP contribution in [0.2, 0.25) is 5.02 Å². The average molecular weight is 478 g/mol. The molecule has 3 aromatic carbocycles. The molecule has 1 N–H and O–H groups in total. The van der Waals surface area contributed by atoms with Gasteiger partial charge in [0.15, 0.2) is 0 Å². The van der Waals surface area contributed by atoms with Gasteiger partial charge in [-0.2, -0.15) is 0 Å². The normalized spacial score (nSPS) is 17.0. The molecule has 8 heteroatoms. The Morgan fingerprint density at radius 3 is 2.29 bits per heavy atom. The number of hydrogen-bond donors (Lipinski definition) is 1. The molecular weight excluding hydrogens is 458 g/mol. The zero-order valence-corrected chi connectivity index (χ0v) is 19.1. The van der Waals surface area contributed by atoms with Crippen LogP contribution in [0.15, 0.2) is 78.4 Å². The molecule has 1 aliphatic heterocycles. The molecule has 1 atom stereocenters. The first-order chi connectivity index (χ1) is 16.4. The SMILES string of the molecule is COC(=O)c1ccc(N2C(=O)C(=O)/C(=C(/O)c3cccc(Cl)c3)C2c2ccccc2OC)cc1. The maximum atomic E-state index is 13.2. The highest BCUT2D eigenvalue weighted by atomic mass is 35.5. The van der Waals surface area contributed by atoms with E-state index in [1.165, 1.54) is 37.3 Å². The third-order valence-corrected chi connectivity index (χ3v) is 5.78. The third-order valence-electron chi connectivity index (χ3n) is 5.54. The molecule has 34 heavy (non-hydrogen) atoms. The maximum Gasteiger partial charge on any atom is 0.337 e. The van der Waals surface area contributed by atoms with Gasteiger partial charge in [-0.1, -0.05) is 41.9 Å². The molecular formula is C26H20ClNO6. The van der Waals surface area contributed by atoms with Crippen molar-refractivity contribution in [2.45, 2.75) is 6.04 Å². The molecule has 3 aromatic rings. The minimum Gasteiger partial charge on any atom is -0.507 e. The van der Waals surface area contributed by atoms with E-state index in [4.69, 9.17) is 21.1 Å². The fourth-order valence-electron chi connectivity index (χ4n) is 3.95. The summed E-state index contributed by atoms with van der Waals surface area (Å²) in [4.78, 5) is 39.6. The number of nitrogens with zero attached hydrogens (tertiary/aromatic N) is 1. The minimum atomic E-state index is -0.987. The summed E-state index contributed by atoms with van der Waals surface area (Å²) >= 11 is 6.08. The predicted molar refractivity (Wildman–Crippen MR) is 127 cm³/mol. The average Bonchev–Trinajstić information content (AvgIpc) is 3.13. The molecule has 1 heterocycles. The van der Waals surface area contributed by atoms with Crippen LogP contribution in [0.1, 0.15) is 27.5 Å². The van der Waals surface area contributed by atoms with Gasteiger partial charge in [0, 0.05) is 21.8 Å². The lowest BCUT2D eigenvalue weighted by Crippen LogP contribution is -2.29. The van der Waals surface area contributed by atoms with Crippen LogP contribution in [-0.4, -0.2) is 37.0 Å². The Balaban J connectivity index is 1.94. The number of carbonyl (C=O) groups excluding carboxylic acids is 3. The molecule has 0 radical (unpaired) electrons. The minimum absolute atomic E-state index is 0.103. The first kappa shape index (κ1) is 23.1. The standard InChI is InChI=1S/C26H20ClNO6/c1-33-20-9-4-3-8-19(20)22-21(23(29)16-6-5-7-17(27)14-16)24(30)25(31)28(22)18-12-10-15(11-13-18)26(32)34-2/h3-14,22,29H,1-2H3/b23-21+. The number of aliphatic hydroxyl groups is 1. The van der Waals surface area contributed by atoms with Crippen molar-refractivity contribution in [3.8, 4) is 5.75 Å². The van der Waals surface area contributed by atoms with E-state index in [1.54, 1.807) is 54.6 Å². The molecule has 7 nitrogen and oxygen atoms in total. The molecule has 1 aliphatic rings. The fourth-order valence-corrected chi connectivity index (χ4v) is 4.14. The number of halogens is 1. The second-order valence-corrected chi connectivity index (χ2v) is 7.90. The largest absolute Gasteiger partial charge is 0.507 e. The lowest BCUT2D eigenvalue weighted by Gasteiger charge is -2.26. The fraction of sp³-hybridized carbons (Fsp3) is 0.115. The van der Waals surface area contributed by atoms with E-state index in [-0.39, 0.29) is 16.9 Å². The Kier molecular flexibility index (Phi) is 6.38. The molecule has 0 spiro atoms. The highest BCUT2D eigenvalue weighted by Gasteiger charge is 2.47. The van der Waals surface area contributed by atoms with Crippen LogP contribution in [0.25, 0.3) is 5.76 Å². The highest BCUT2D eigenvalue weighted by Crippen LogP contribution is 2.45. The van der Waals surface area contributed by atoms with Crippen molar-refractivity contribution >= 4 is 40.7 Å². The van der Waals surface area contributed by atoms with Crippen molar-refractivity contribution in [1.82, 2.24) is 0 Å². The Hall–Kier alpha value is -4.10. The first-order valence-electron chi connectivity index (χ1n) is 10.3. The Morgan fingerprint density at radius 2 is 1.65 bits per heavy atom. The monoisotopic (exact) mass is 477 g/mol. The summed E-state index contributed by atoms with van der Waals surface area (Å²) in [6.45, 7) is 0. The molecule has 0 saturated carbocycles. The third kappa shape index (κ3) is 4.02. The smallest absolute Gasteiger partial charge is 0.337 e. The van der Waals surface area contributed by atoms with E-state index in [2.05, 4.69) is 0 Å². The van der Waals surface area contributed by atoms with Gasteiger partial charge in [-0.25, -0.2) is 4.79 Å². The summed E-state index contributed by atoms with van der Waals surface area (Å²) in [5.41, 5.74) is 1.34. The number of para-hydroxylation sites is 1. The van der Waals surface area contributed by atoms with Gasteiger partial charge >= 0.3 is 5.97 Å². The number of amides is 1. The molecule has 1 fully saturated rings. The number of aliphatic hydroxyl groups excluding tert-OH is 1. The van der Waals surface area contributed by atoms with E-state index >= 15 is 0 Å². The van der Waals surface area contributed by atoms with Gasteiger partial charge in [-0.3, -0.25) is 14.5 Å². The van der Waals surface area contributed by atoms with Crippen LogP contribution in [0, 0.1) is 0 Å². The van der Waals surface area contributed by atoms with E-state index in [0.29, 0.717) is 27.6 Å². The van der Waals surface area contributed by atoms with Gasteiger partial charge in [-0.05, 0) is 42.5 Å². The number of rotatable bonds is 5. The van der Waals surface area contributed by atoms with Crippen LogP contribution in [-0.2, 0) is 14.3 Å². The van der Waals surface area contributed by atoms with Crippen molar-refractivity contribution < 1.29 is 29.0 Å². The number of anilines is 1. The van der Waals surface area contributed by atoms with Gasteiger partial charge in [0.25, 0.3) is 11.7 Å². The zero-order chi connectivity index (χ0) is 24.4. The lowest BCUT2D eigenvalue weighted by molar-refractivity contribution is -0.132. The summed E-state index contributed by atoms with van der Waals surface area (Å²) < 4.78 is 10.2. The first-order valence-corrected chi connectivity index (χ1v) is 10.6. The molecule has 1 amide bonds.